The van der Waals surface area contributed by atoms with E-state index in [-0.39, 0.29) is 0 Å². The maximum Gasteiger partial charge on any atom is 0.306 e. The highest BCUT2D eigenvalue weighted by Gasteiger charge is 2.18. The summed E-state index contributed by atoms with van der Waals surface area (Å²) >= 11 is 0. The number of rotatable bonds is 6. The number of nitrogen functional groups attached to an aromatic ring is 1. The minimum atomic E-state index is -0.800. The van der Waals surface area contributed by atoms with Crippen molar-refractivity contribution in [3.63, 3.8) is 0 Å². The highest BCUT2D eigenvalue weighted by molar-refractivity contribution is 5.71. The van der Waals surface area contributed by atoms with Crippen molar-refractivity contribution in [2.75, 3.05) is 20.0 Å². The largest absolute Gasteiger partial charge is 0.493 e. The lowest BCUT2D eigenvalue weighted by atomic mass is 9.96. The highest BCUT2D eigenvalue weighted by atomic mass is 16.5. The molecule has 0 saturated carbocycles. The Bertz CT molecular complexity index is 431. The van der Waals surface area contributed by atoms with Crippen molar-refractivity contribution in [2.45, 2.75) is 19.8 Å². The molecule has 0 aliphatic rings. The summed E-state index contributed by atoms with van der Waals surface area (Å²) < 4.78 is 10.3. The standard InChI is InChI=1S/C13H19NO4/c1-4-9(13(15)16)5-8-6-10(14)12(18-3)11(7-8)17-2/h6-7,9H,4-5,14H2,1-3H3,(H,15,16). The topological polar surface area (TPSA) is 81.8 Å². The lowest BCUT2D eigenvalue weighted by Gasteiger charge is -2.14. The average Bonchev–Trinajstić information content (AvgIpc) is 2.34. The summed E-state index contributed by atoms with van der Waals surface area (Å²) in [6.45, 7) is 1.85. The molecule has 0 amide bonds. The van der Waals surface area contributed by atoms with E-state index in [1.54, 1.807) is 12.1 Å². The first-order valence-electron chi connectivity index (χ1n) is 5.76. The fourth-order valence-corrected chi connectivity index (χ4v) is 1.86. The van der Waals surface area contributed by atoms with E-state index < -0.39 is 11.9 Å². The summed E-state index contributed by atoms with van der Waals surface area (Å²) in [5, 5.41) is 9.04. The third-order valence-corrected chi connectivity index (χ3v) is 2.89. The van der Waals surface area contributed by atoms with Gasteiger partial charge in [-0.05, 0) is 30.5 Å². The zero-order chi connectivity index (χ0) is 13.7. The summed E-state index contributed by atoms with van der Waals surface area (Å²) in [7, 11) is 3.04. The third kappa shape index (κ3) is 3.06. The minimum Gasteiger partial charge on any atom is -0.493 e. The highest BCUT2D eigenvalue weighted by Crippen LogP contribution is 2.35. The summed E-state index contributed by atoms with van der Waals surface area (Å²) in [6.07, 6.45) is 1.000. The lowest BCUT2D eigenvalue weighted by molar-refractivity contribution is -0.141. The van der Waals surface area contributed by atoms with E-state index >= 15 is 0 Å². The van der Waals surface area contributed by atoms with Gasteiger partial charge in [0.25, 0.3) is 0 Å². The Hall–Kier alpha value is -1.91. The lowest BCUT2D eigenvalue weighted by Crippen LogP contribution is -2.15. The van der Waals surface area contributed by atoms with Crippen LogP contribution in [0.1, 0.15) is 18.9 Å². The normalized spacial score (nSPS) is 11.9. The molecule has 1 unspecified atom stereocenters. The monoisotopic (exact) mass is 253 g/mol. The predicted molar refractivity (Wildman–Crippen MR) is 69.1 cm³/mol. The first-order chi connectivity index (χ1) is 8.53. The number of carboxylic acids is 1. The van der Waals surface area contributed by atoms with Crippen LogP contribution in [0.5, 0.6) is 11.5 Å². The summed E-state index contributed by atoms with van der Waals surface area (Å²) in [5.41, 5.74) is 7.13. The first-order valence-corrected chi connectivity index (χ1v) is 5.76. The van der Waals surface area contributed by atoms with Gasteiger partial charge in [-0.2, -0.15) is 0 Å². The number of carbonyl (C=O) groups is 1. The molecule has 0 heterocycles. The maximum atomic E-state index is 11.0. The van der Waals surface area contributed by atoms with Gasteiger partial charge in [0.1, 0.15) is 0 Å². The van der Waals surface area contributed by atoms with Crippen LogP contribution in [0.2, 0.25) is 0 Å². The van der Waals surface area contributed by atoms with E-state index in [0.717, 1.165) is 5.56 Å². The Balaban J connectivity index is 3.04. The van der Waals surface area contributed by atoms with E-state index in [4.69, 9.17) is 20.3 Å². The van der Waals surface area contributed by atoms with Crippen molar-refractivity contribution in [1.82, 2.24) is 0 Å². The molecule has 1 atom stereocenters. The van der Waals surface area contributed by atoms with Crippen LogP contribution in [0.3, 0.4) is 0 Å². The van der Waals surface area contributed by atoms with Crippen LogP contribution < -0.4 is 15.2 Å². The van der Waals surface area contributed by atoms with Gasteiger partial charge >= 0.3 is 5.97 Å². The second-order valence-corrected chi connectivity index (χ2v) is 4.07. The molecular formula is C13H19NO4. The van der Waals surface area contributed by atoms with Gasteiger partial charge in [0, 0.05) is 0 Å². The van der Waals surface area contributed by atoms with E-state index in [0.29, 0.717) is 30.0 Å². The number of carboxylic acid groups (broad SMARTS) is 1. The van der Waals surface area contributed by atoms with Crippen LogP contribution in [0, 0.1) is 5.92 Å². The Morgan fingerprint density at radius 3 is 2.50 bits per heavy atom. The number of anilines is 1. The molecule has 1 aromatic rings. The van der Waals surface area contributed by atoms with E-state index in [9.17, 15) is 4.79 Å². The van der Waals surface area contributed by atoms with Crippen LogP contribution in [0.25, 0.3) is 0 Å². The second-order valence-electron chi connectivity index (χ2n) is 4.07. The summed E-state index contributed by atoms with van der Waals surface area (Å²) in [6, 6.07) is 3.49. The molecule has 5 heteroatoms. The van der Waals surface area contributed by atoms with Gasteiger partial charge in [-0.3, -0.25) is 4.79 Å². The number of benzene rings is 1. The molecular weight excluding hydrogens is 234 g/mol. The SMILES string of the molecule is CCC(Cc1cc(N)c(OC)c(OC)c1)C(=O)O. The molecule has 1 aromatic carbocycles. The Morgan fingerprint density at radius 1 is 1.39 bits per heavy atom. The molecule has 3 N–H and O–H groups in total. The summed E-state index contributed by atoms with van der Waals surface area (Å²) in [5.74, 6) is -0.217. The molecule has 0 aliphatic heterocycles. The van der Waals surface area contributed by atoms with E-state index in [1.807, 2.05) is 6.92 Å². The molecule has 0 bridgehead atoms. The van der Waals surface area contributed by atoms with Crippen LogP contribution in [0.15, 0.2) is 12.1 Å². The van der Waals surface area contributed by atoms with Gasteiger partial charge in [-0.25, -0.2) is 0 Å². The van der Waals surface area contributed by atoms with Crippen LogP contribution in [-0.4, -0.2) is 25.3 Å². The van der Waals surface area contributed by atoms with Crippen molar-refractivity contribution >= 4 is 11.7 Å². The molecule has 0 saturated heterocycles. The Labute approximate surface area is 107 Å². The molecule has 1 rings (SSSR count). The number of methoxy groups -OCH3 is 2. The molecule has 0 spiro atoms. The molecule has 18 heavy (non-hydrogen) atoms. The number of nitrogens with two attached hydrogens (primary N) is 1. The smallest absolute Gasteiger partial charge is 0.306 e. The number of hydrogen-bond donors (Lipinski definition) is 2. The maximum absolute atomic E-state index is 11.0. The van der Waals surface area contributed by atoms with Crippen LogP contribution >= 0.6 is 0 Å². The predicted octanol–water partition coefficient (Wildman–Crippen LogP) is 1.94. The van der Waals surface area contributed by atoms with Crippen molar-refractivity contribution in [3.05, 3.63) is 17.7 Å². The second kappa shape index (κ2) is 6.14. The van der Waals surface area contributed by atoms with Crippen molar-refractivity contribution < 1.29 is 19.4 Å². The van der Waals surface area contributed by atoms with Gasteiger partial charge in [-0.1, -0.05) is 6.92 Å². The average molecular weight is 253 g/mol. The van der Waals surface area contributed by atoms with Crippen molar-refractivity contribution in [2.24, 2.45) is 5.92 Å². The number of aliphatic carboxylic acids is 1. The van der Waals surface area contributed by atoms with E-state index in [1.165, 1.54) is 14.2 Å². The zero-order valence-corrected chi connectivity index (χ0v) is 10.9. The molecule has 5 nitrogen and oxygen atoms in total. The molecule has 0 fully saturated rings. The van der Waals surface area contributed by atoms with Crippen LogP contribution in [0.4, 0.5) is 5.69 Å². The fraction of sp³-hybridized carbons (Fsp3) is 0.462. The van der Waals surface area contributed by atoms with Gasteiger partial charge < -0.3 is 20.3 Å². The third-order valence-electron chi connectivity index (χ3n) is 2.89. The summed E-state index contributed by atoms with van der Waals surface area (Å²) in [4.78, 5) is 11.0. The zero-order valence-electron chi connectivity index (χ0n) is 10.9. The molecule has 100 valence electrons. The van der Waals surface area contributed by atoms with E-state index in [2.05, 4.69) is 0 Å². The first kappa shape index (κ1) is 14.2. The minimum absolute atomic E-state index is 0.414. The molecule has 0 aliphatic carbocycles. The molecule has 0 aromatic heterocycles. The van der Waals surface area contributed by atoms with Gasteiger partial charge in [0.2, 0.25) is 0 Å². The van der Waals surface area contributed by atoms with Crippen molar-refractivity contribution in [1.29, 1.82) is 0 Å². The fourth-order valence-electron chi connectivity index (χ4n) is 1.86. The van der Waals surface area contributed by atoms with Crippen LogP contribution in [-0.2, 0) is 11.2 Å². The quantitative estimate of drug-likeness (QED) is 0.757. The van der Waals surface area contributed by atoms with Gasteiger partial charge in [-0.15, -0.1) is 0 Å². The Kier molecular flexibility index (Phi) is 4.83. The number of hydrogen-bond acceptors (Lipinski definition) is 4. The van der Waals surface area contributed by atoms with Gasteiger partial charge in [0.15, 0.2) is 11.5 Å². The van der Waals surface area contributed by atoms with Gasteiger partial charge in [0.05, 0.1) is 25.8 Å². The Morgan fingerprint density at radius 2 is 2.06 bits per heavy atom. The number of ether oxygens (including phenoxy) is 2. The molecule has 0 radical (unpaired) electrons. The van der Waals surface area contributed by atoms with Crippen molar-refractivity contribution in [3.8, 4) is 11.5 Å².